The van der Waals surface area contributed by atoms with Gasteiger partial charge in [-0.15, -0.1) is 0 Å². The van der Waals surface area contributed by atoms with Gasteiger partial charge in [-0.1, -0.05) is 32.0 Å². The van der Waals surface area contributed by atoms with Gasteiger partial charge in [-0.2, -0.15) is 0 Å². The zero-order valence-electron chi connectivity index (χ0n) is 11.6. The lowest BCUT2D eigenvalue weighted by molar-refractivity contribution is -0.145. The van der Waals surface area contributed by atoms with Crippen LogP contribution in [0.25, 0.3) is 0 Å². The van der Waals surface area contributed by atoms with Gasteiger partial charge < -0.3 is 10.0 Å². The van der Waals surface area contributed by atoms with E-state index in [2.05, 4.69) is 21.9 Å². The number of aliphatic carboxylic acids is 1. The SMILES string of the molecule is CC(C)[C@H](C(=O)O)N1CCN(c2ccccc2)CC1. The predicted octanol–water partition coefficient (Wildman–Crippen LogP) is 1.92. The molecule has 0 saturated carbocycles. The molecule has 1 aliphatic rings. The van der Waals surface area contributed by atoms with Gasteiger partial charge in [0.2, 0.25) is 0 Å². The van der Waals surface area contributed by atoms with Gasteiger partial charge in [0.15, 0.2) is 0 Å². The Balaban J connectivity index is 1.97. The van der Waals surface area contributed by atoms with Crippen LogP contribution in [0.5, 0.6) is 0 Å². The monoisotopic (exact) mass is 262 g/mol. The number of rotatable bonds is 4. The topological polar surface area (TPSA) is 43.8 Å². The minimum Gasteiger partial charge on any atom is -0.480 e. The highest BCUT2D eigenvalue weighted by molar-refractivity contribution is 5.73. The molecule has 0 amide bonds. The van der Waals surface area contributed by atoms with Crippen LogP contribution in [-0.4, -0.2) is 48.2 Å². The maximum Gasteiger partial charge on any atom is 0.321 e. The third-order valence-corrected chi connectivity index (χ3v) is 3.71. The Bertz CT molecular complexity index is 411. The van der Waals surface area contributed by atoms with E-state index in [9.17, 15) is 9.90 Å². The van der Waals surface area contributed by atoms with Crippen molar-refractivity contribution in [2.75, 3.05) is 31.1 Å². The van der Waals surface area contributed by atoms with E-state index in [1.165, 1.54) is 5.69 Å². The maximum absolute atomic E-state index is 11.3. The van der Waals surface area contributed by atoms with Crippen molar-refractivity contribution in [3.8, 4) is 0 Å². The van der Waals surface area contributed by atoms with E-state index in [1.54, 1.807) is 0 Å². The van der Waals surface area contributed by atoms with Crippen molar-refractivity contribution in [3.05, 3.63) is 30.3 Å². The zero-order valence-corrected chi connectivity index (χ0v) is 11.6. The van der Waals surface area contributed by atoms with Crippen LogP contribution in [-0.2, 0) is 4.79 Å². The van der Waals surface area contributed by atoms with Crippen LogP contribution in [0.3, 0.4) is 0 Å². The number of piperazine rings is 1. The Morgan fingerprint density at radius 2 is 1.68 bits per heavy atom. The van der Waals surface area contributed by atoms with Gasteiger partial charge in [0.05, 0.1) is 0 Å². The number of anilines is 1. The summed E-state index contributed by atoms with van der Waals surface area (Å²) in [5.74, 6) is -0.566. The summed E-state index contributed by atoms with van der Waals surface area (Å²) in [5, 5.41) is 9.32. The van der Waals surface area contributed by atoms with Crippen molar-refractivity contribution in [3.63, 3.8) is 0 Å². The summed E-state index contributed by atoms with van der Waals surface area (Å²) in [7, 11) is 0. The van der Waals surface area contributed by atoms with Gasteiger partial charge in [0, 0.05) is 31.9 Å². The molecule has 1 N–H and O–H groups in total. The van der Waals surface area contributed by atoms with Gasteiger partial charge in [0.25, 0.3) is 0 Å². The number of carboxylic acid groups (broad SMARTS) is 1. The number of carbonyl (C=O) groups is 1. The van der Waals surface area contributed by atoms with E-state index in [0.29, 0.717) is 0 Å². The van der Waals surface area contributed by atoms with Gasteiger partial charge in [-0.25, -0.2) is 0 Å². The first-order valence-electron chi connectivity index (χ1n) is 6.86. The fourth-order valence-corrected chi connectivity index (χ4v) is 2.76. The van der Waals surface area contributed by atoms with E-state index in [4.69, 9.17) is 0 Å². The van der Waals surface area contributed by atoms with Crippen LogP contribution in [0.15, 0.2) is 30.3 Å². The van der Waals surface area contributed by atoms with Crippen LogP contribution in [0.2, 0.25) is 0 Å². The number of carboxylic acids is 1. The third kappa shape index (κ3) is 3.26. The predicted molar refractivity (Wildman–Crippen MR) is 76.5 cm³/mol. The lowest BCUT2D eigenvalue weighted by Gasteiger charge is -2.40. The molecule has 1 heterocycles. The van der Waals surface area contributed by atoms with Crippen LogP contribution >= 0.6 is 0 Å². The summed E-state index contributed by atoms with van der Waals surface area (Å²) in [4.78, 5) is 15.7. The Hall–Kier alpha value is -1.55. The average molecular weight is 262 g/mol. The quantitative estimate of drug-likeness (QED) is 0.900. The number of para-hydroxylation sites is 1. The lowest BCUT2D eigenvalue weighted by atomic mass is 10.0. The van der Waals surface area contributed by atoms with Crippen molar-refractivity contribution in [1.29, 1.82) is 0 Å². The van der Waals surface area contributed by atoms with Gasteiger partial charge in [-0.3, -0.25) is 9.69 Å². The molecule has 0 aromatic heterocycles. The summed E-state index contributed by atoms with van der Waals surface area (Å²) in [6.45, 7) is 7.35. The van der Waals surface area contributed by atoms with Crippen molar-refractivity contribution < 1.29 is 9.90 Å². The van der Waals surface area contributed by atoms with E-state index in [-0.39, 0.29) is 12.0 Å². The normalized spacial score (nSPS) is 18.6. The van der Waals surface area contributed by atoms with Crippen molar-refractivity contribution in [1.82, 2.24) is 4.90 Å². The number of hydrogen-bond donors (Lipinski definition) is 1. The molecular formula is C15H22N2O2. The molecule has 104 valence electrons. The zero-order chi connectivity index (χ0) is 13.8. The molecule has 4 nitrogen and oxygen atoms in total. The molecule has 0 aliphatic carbocycles. The second-order valence-electron chi connectivity index (χ2n) is 5.39. The standard InChI is InChI=1S/C15H22N2O2/c1-12(2)14(15(18)19)17-10-8-16(9-11-17)13-6-4-3-5-7-13/h3-7,12,14H,8-11H2,1-2H3,(H,18,19)/t14-/m1/s1. The molecule has 0 spiro atoms. The molecule has 1 fully saturated rings. The molecule has 2 rings (SSSR count). The lowest BCUT2D eigenvalue weighted by Crippen LogP contribution is -2.54. The minimum atomic E-state index is -0.705. The molecule has 4 heteroatoms. The van der Waals surface area contributed by atoms with Crippen molar-refractivity contribution in [2.24, 2.45) is 5.92 Å². The highest BCUT2D eigenvalue weighted by Gasteiger charge is 2.31. The summed E-state index contributed by atoms with van der Waals surface area (Å²) >= 11 is 0. The largest absolute Gasteiger partial charge is 0.480 e. The van der Waals surface area contributed by atoms with Gasteiger partial charge in [-0.05, 0) is 18.1 Å². The Morgan fingerprint density at radius 1 is 1.11 bits per heavy atom. The van der Waals surface area contributed by atoms with E-state index in [0.717, 1.165) is 26.2 Å². The number of benzene rings is 1. The first-order chi connectivity index (χ1) is 9.09. The molecule has 0 unspecified atom stereocenters. The minimum absolute atomic E-state index is 0.140. The smallest absolute Gasteiger partial charge is 0.321 e. The van der Waals surface area contributed by atoms with Gasteiger partial charge in [0.1, 0.15) is 6.04 Å². The van der Waals surface area contributed by atoms with E-state index >= 15 is 0 Å². The molecule has 19 heavy (non-hydrogen) atoms. The van der Waals surface area contributed by atoms with Crippen LogP contribution in [0.1, 0.15) is 13.8 Å². The molecule has 1 atom stereocenters. The number of hydrogen-bond acceptors (Lipinski definition) is 3. The van der Waals surface area contributed by atoms with Gasteiger partial charge >= 0.3 is 5.97 Å². The second-order valence-corrected chi connectivity index (χ2v) is 5.39. The Labute approximate surface area is 114 Å². The summed E-state index contributed by atoms with van der Waals surface area (Å²) in [5.41, 5.74) is 1.22. The first-order valence-corrected chi connectivity index (χ1v) is 6.86. The van der Waals surface area contributed by atoms with E-state index < -0.39 is 5.97 Å². The summed E-state index contributed by atoms with van der Waals surface area (Å²) < 4.78 is 0. The fourth-order valence-electron chi connectivity index (χ4n) is 2.76. The molecule has 0 bridgehead atoms. The Morgan fingerprint density at radius 3 is 2.16 bits per heavy atom. The second kappa shape index (κ2) is 6.06. The molecular weight excluding hydrogens is 240 g/mol. The fraction of sp³-hybridized carbons (Fsp3) is 0.533. The molecule has 0 radical (unpaired) electrons. The van der Waals surface area contributed by atoms with Crippen LogP contribution in [0.4, 0.5) is 5.69 Å². The van der Waals surface area contributed by atoms with E-state index in [1.807, 2.05) is 32.0 Å². The highest BCUT2D eigenvalue weighted by atomic mass is 16.4. The highest BCUT2D eigenvalue weighted by Crippen LogP contribution is 2.19. The average Bonchev–Trinajstić information content (AvgIpc) is 2.40. The Kier molecular flexibility index (Phi) is 4.43. The maximum atomic E-state index is 11.3. The molecule has 1 aliphatic heterocycles. The van der Waals surface area contributed by atoms with Crippen molar-refractivity contribution >= 4 is 11.7 Å². The number of nitrogens with zero attached hydrogens (tertiary/aromatic N) is 2. The summed E-state index contributed by atoms with van der Waals surface area (Å²) in [6, 6.07) is 9.93. The van der Waals surface area contributed by atoms with Crippen molar-refractivity contribution in [2.45, 2.75) is 19.9 Å². The third-order valence-electron chi connectivity index (χ3n) is 3.71. The van der Waals surface area contributed by atoms with Crippen LogP contribution in [0, 0.1) is 5.92 Å². The molecule has 1 saturated heterocycles. The first kappa shape index (κ1) is 13.9. The summed E-state index contributed by atoms with van der Waals surface area (Å²) in [6.07, 6.45) is 0. The molecule has 1 aromatic carbocycles. The van der Waals surface area contributed by atoms with Crippen LogP contribution < -0.4 is 4.90 Å². The molecule has 1 aromatic rings.